The molecule has 0 saturated carbocycles. The van der Waals surface area contributed by atoms with E-state index in [1.165, 1.54) is 11.4 Å². The number of esters is 1. The lowest BCUT2D eigenvalue weighted by atomic mass is 10.1. The van der Waals surface area contributed by atoms with Gasteiger partial charge in [0.1, 0.15) is 0 Å². The second kappa shape index (κ2) is 5.54. The second-order valence-electron chi connectivity index (χ2n) is 5.14. The quantitative estimate of drug-likeness (QED) is 0.793. The molecule has 0 aliphatic carbocycles. The molecule has 0 spiro atoms. The molecule has 2 rings (SSSR count). The van der Waals surface area contributed by atoms with Crippen LogP contribution >= 0.6 is 0 Å². The Morgan fingerprint density at radius 3 is 2.70 bits per heavy atom. The molecule has 20 heavy (non-hydrogen) atoms. The van der Waals surface area contributed by atoms with Gasteiger partial charge in [-0.25, -0.2) is 8.42 Å². The summed E-state index contributed by atoms with van der Waals surface area (Å²) < 4.78 is 31.3. The Kier molecular flexibility index (Phi) is 4.15. The first kappa shape index (κ1) is 15.0. The van der Waals surface area contributed by atoms with Gasteiger partial charge in [0.2, 0.25) is 10.0 Å². The highest BCUT2D eigenvalue weighted by Crippen LogP contribution is 2.27. The van der Waals surface area contributed by atoms with E-state index in [0.29, 0.717) is 17.9 Å². The van der Waals surface area contributed by atoms with E-state index in [-0.39, 0.29) is 18.4 Å². The number of carbonyl (C=O) groups excluding carboxylic acids is 1. The molecule has 6 heteroatoms. The summed E-state index contributed by atoms with van der Waals surface area (Å²) in [5, 5.41) is 0. The lowest BCUT2D eigenvalue weighted by Crippen LogP contribution is -2.30. The summed E-state index contributed by atoms with van der Waals surface area (Å²) in [4.78, 5) is 11.8. The van der Waals surface area contributed by atoms with Crippen molar-refractivity contribution in [1.82, 2.24) is 4.31 Å². The summed E-state index contributed by atoms with van der Waals surface area (Å²) in [6.07, 6.45) is 0.511. The lowest BCUT2D eigenvalue weighted by molar-refractivity contribution is -0.144. The average molecular weight is 297 g/mol. The Morgan fingerprint density at radius 2 is 2.05 bits per heavy atom. The van der Waals surface area contributed by atoms with Crippen molar-refractivity contribution < 1.29 is 17.9 Å². The van der Waals surface area contributed by atoms with Crippen LogP contribution in [0.2, 0.25) is 0 Å². The monoisotopic (exact) mass is 297 g/mol. The first-order valence-corrected chi connectivity index (χ1v) is 7.95. The fourth-order valence-electron chi connectivity index (χ4n) is 2.43. The topological polar surface area (TPSA) is 63.7 Å². The van der Waals surface area contributed by atoms with E-state index < -0.39 is 10.0 Å². The van der Waals surface area contributed by atoms with E-state index in [9.17, 15) is 13.2 Å². The van der Waals surface area contributed by atoms with Gasteiger partial charge < -0.3 is 4.74 Å². The zero-order valence-corrected chi connectivity index (χ0v) is 12.7. The maximum Gasteiger partial charge on any atom is 0.310 e. The summed E-state index contributed by atoms with van der Waals surface area (Å²) in [5.74, 6) is -0.705. The number of hydrogen-bond acceptors (Lipinski definition) is 4. The Hall–Kier alpha value is -1.40. The Labute approximate surface area is 119 Å². The van der Waals surface area contributed by atoms with Gasteiger partial charge in [0.15, 0.2) is 0 Å². The van der Waals surface area contributed by atoms with Crippen molar-refractivity contribution >= 4 is 16.0 Å². The molecule has 1 saturated heterocycles. The number of nitrogens with zero attached hydrogens (tertiary/aromatic N) is 1. The van der Waals surface area contributed by atoms with Crippen LogP contribution in [0.4, 0.5) is 0 Å². The molecule has 5 nitrogen and oxygen atoms in total. The molecule has 1 fully saturated rings. The molecule has 0 radical (unpaired) electrons. The van der Waals surface area contributed by atoms with Gasteiger partial charge in [-0.2, -0.15) is 4.31 Å². The highest BCUT2D eigenvalue weighted by Gasteiger charge is 2.36. The van der Waals surface area contributed by atoms with Gasteiger partial charge in [-0.3, -0.25) is 4.79 Å². The van der Waals surface area contributed by atoms with Gasteiger partial charge in [-0.1, -0.05) is 12.1 Å². The van der Waals surface area contributed by atoms with E-state index >= 15 is 0 Å². The van der Waals surface area contributed by atoms with E-state index in [2.05, 4.69) is 4.74 Å². The van der Waals surface area contributed by atoms with Crippen LogP contribution in [0.1, 0.15) is 17.5 Å². The van der Waals surface area contributed by atoms with Gasteiger partial charge >= 0.3 is 5.97 Å². The second-order valence-corrected chi connectivity index (χ2v) is 7.05. The van der Waals surface area contributed by atoms with Crippen molar-refractivity contribution in [2.45, 2.75) is 25.2 Å². The van der Waals surface area contributed by atoms with Crippen LogP contribution in [-0.4, -0.2) is 38.9 Å². The van der Waals surface area contributed by atoms with Crippen molar-refractivity contribution in [1.29, 1.82) is 0 Å². The minimum atomic E-state index is -3.54. The zero-order chi connectivity index (χ0) is 14.9. The number of methoxy groups -OCH3 is 1. The molecule has 1 atom stereocenters. The van der Waals surface area contributed by atoms with Gasteiger partial charge in [0.05, 0.1) is 17.9 Å². The lowest BCUT2D eigenvalue weighted by Gasteiger charge is -2.18. The minimum Gasteiger partial charge on any atom is -0.469 e. The van der Waals surface area contributed by atoms with E-state index in [1.54, 1.807) is 19.1 Å². The fraction of sp³-hybridized carbons (Fsp3) is 0.500. The van der Waals surface area contributed by atoms with Crippen molar-refractivity contribution in [3.63, 3.8) is 0 Å². The highest BCUT2D eigenvalue weighted by atomic mass is 32.2. The zero-order valence-electron chi connectivity index (χ0n) is 11.9. The van der Waals surface area contributed by atoms with Crippen LogP contribution < -0.4 is 0 Å². The molecule has 1 aliphatic rings. The predicted octanol–water partition coefficient (Wildman–Crippen LogP) is 1.49. The summed E-state index contributed by atoms with van der Waals surface area (Å²) in [6, 6.07) is 5.36. The summed E-state index contributed by atoms with van der Waals surface area (Å²) >= 11 is 0. The molecule has 1 aromatic rings. The van der Waals surface area contributed by atoms with Crippen LogP contribution in [-0.2, 0) is 19.6 Å². The van der Waals surface area contributed by atoms with Crippen molar-refractivity contribution in [2.24, 2.45) is 5.92 Å². The maximum absolute atomic E-state index is 12.6. The molecule has 1 unspecified atom stereocenters. The van der Waals surface area contributed by atoms with Gasteiger partial charge in [-0.05, 0) is 37.5 Å². The highest BCUT2D eigenvalue weighted by molar-refractivity contribution is 7.89. The number of benzene rings is 1. The Balaban J connectivity index is 2.28. The SMILES string of the molecule is COC(=O)C1CCN(S(=O)(=O)c2cc(C)ccc2C)C1. The van der Waals surface area contributed by atoms with Crippen LogP contribution in [0.3, 0.4) is 0 Å². The van der Waals surface area contributed by atoms with E-state index in [1.807, 2.05) is 13.0 Å². The van der Waals surface area contributed by atoms with Gasteiger partial charge in [0, 0.05) is 13.1 Å². The van der Waals surface area contributed by atoms with Crippen LogP contribution in [0, 0.1) is 19.8 Å². The van der Waals surface area contributed by atoms with Crippen LogP contribution in [0.5, 0.6) is 0 Å². The van der Waals surface area contributed by atoms with Gasteiger partial charge in [0.25, 0.3) is 0 Å². The maximum atomic E-state index is 12.6. The third-order valence-electron chi connectivity index (χ3n) is 3.65. The fourth-order valence-corrected chi connectivity index (χ4v) is 4.24. The molecule has 0 bridgehead atoms. The largest absolute Gasteiger partial charge is 0.469 e. The van der Waals surface area contributed by atoms with E-state index in [4.69, 9.17) is 0 Å². The molecular formula is C14H19NO4S. The van der Waals surface area contributed by atoms with Gasteiger partial charge in [-0.15, -0.1) is 0 Å². The molecule has 110 valence electrons. The predicted molar refractivity (Wildman–Crippen MR) is 74.8 cm³/mol. The van der Waals surface area contributed by atoms with Crippen LogP contribution in [0.25, 0.3) is 0 Å². The number of hydrogen-bond donors (Lipinski definition) is 0. The molecule has 0 aromatic heterocycles. The number of ether oxygens (including phenoxy) is 1. The van der Waals surface area contributed by atoms with Crippen molar-refractivity contribution in [3.05, 3.63) is 29.3 Å². The number of sulfonamides is 1. The standard InChI is InChI=1S/C14H19NO4S/c1-10-4-5-11(2)13(8-10)20(17,18)15-7-6-12(9-15)14(16)19-3/h4-5,8,12H,6-7,9H2,1-3H3. The third kappa shape index (κ3) is 2.71. The molecule has 0 N–H and O–H groups in total. The summed E-state index contributed by atoms with van der Waals surface area (Å²) in [5.41, 5.74) is 1.62. The molecular weight excluding hydrogens is 278 g/mol. The first-order chi connectivity index (χ1) is 9.36. The van der Waals surface area contributed by atoms with Crippen molar-refractivity contribution in [2.75, 3.05) is 20.2 Å². The summed E-state index contributed by atoms with van der Waals surface area (Å²) in [7, 11) is -2.22. The third-order valence-corrected chi connectivity index (χ3v) is 5.65. The smallest absolute Gasteiger partial charge is 0.310 e. The average Bonchev–Trinajstić information content (AvgIpc) is 2.91. The van der Waals surface area contributed by atoms with E-state index in [0.717, 1.165) is 11.1 Å². The Bertz CT molecular complexity index is 624. The minimum absolute atomic E-state index is 0.197. The summed E-state index contributed by atoms with van der Waals surface area (Å²) in [6.45, 7) is 4.19. The number of carbonyl (C=O) groups is 1. The molecule has 0 amide bonds. The number of rotatable bonds is 3. The normalized spacial score (nSPS) is 20.1. The first-order valence-electron chi connectivity index (χ1n) is 6.51. The number of aryl methyl sites for hydroxylation is 2. The molecule has 1 heterocycles. The molecule has 1 aromatic carbocycles. The van der Waals surface area contributed by atoms with Crippen LogP contribution in [0.15, 0.2) is 23.1 Å². The van der Waals surface area contributed by atoms with Crippen molar-refractivity contribution in [3.8, 4) is 0 Å². The molecule has 1 aliphatic heterocycles. The Morgan fingerprint density at radius 1 is 1.35 bits per heavy atom.